The maximum atomic E-state index is 5.65. The molecule has 0 amide bonds. The van der Waals surface area contributed by atoms with Crippen molar-refractivity contribution in [3.05, 3.63) is 36.2 Å². The van der Waals surface area contributed by atoms with Crippen molar-refractivity contribution in [1.29, 1.82) is 0 Å². The van der Waals surface area contributed by atoms with E-state index in [4.69, 9.17) is 18.0 Å². The average molecular weight is 262 g/mol. The molecular weight excluding hydrogens is 248 g/mol. The summed E-state index contributed by atoms with van der Waals surface area (Å²) in [6.07, 6.45) is 5.06. The quantitative estimate of drug-likeness (QED) is 0.780. The second-order valence-corrected chi connectivity index (χ2v) is 4.11. The minimum absolute atomic E-state index is 0.344. The zero-order valence-electron chi connectivity index (χ0n) is 10.00. The van der Waals surface area contributed by atoms with Gasteiger partial charge in [0.25, 0.3) is 0 Å². The van der Waals surface area contributed by atoms with Gasteiger partial charge in [0.15, 0.2) is 5.82 Å². The summed E-state index contributed by atoms with van der Waals surface area (Å²) >= 11 is 4.99. The minimum Gasteiger partial charge on any atom is -0.389 e. The highest BCUT2D eigenvalue weighted by Gasteiger charge is 2.07. The van der Waals surface area contributed by atoms with Gasteiger partial charge in [-0.3, -0.25) is 4.98 Å². The van der Waals surface area contributed by atoms with Crippen LogP contribution in [0.15, 0.2) is 24.8 Å². The molecule has 94 valence electrons. The molecule has 0 saturated carbocycles. The molecule has 0 radical (unpaired) electrons. The Labute approximate surface area is 110 Å². The fourth-order valence-electron chi connectivity index (χ4n) is 1.60. The van der Waals surface area contributed by atoms with E-state index in [2.05, 4.69) is 20.5 Å². The first-order valence-corrected chi connectivity index (χ1v) is 5.97. The number of hydrogen-bond acceptors (Lipinski definition) is 5. The molecule has 0 fully saturated rings. The predicted molar refractivity (Wildman–Crippen MR) is 73.1 cm³/mol. The fraction of sp³-hybridized carbons (Fsp3) is 0.273. The molecule has 2 aromatic rings. The minimum atomic E-state index is 0.344. The normalized spacial score (nSPS) is 10.3. The van der Waals surface area contributed by atoms with Crippen molar-refractivity contribution in [2.75, 3.05) is 5.32 Å². The van der Waals surface area contributed by atoms with Crippen LogP contribution in [0, 0.1) is 0 Å². The van der Waals surface area contributed by atoms with E-state index < -0.39 is 0 Å². The number of aryl methyl sites for hydroxylation is 1. The summed E-state index contributed by atoms with van der Waals surface area (Å²) in [6.45, 7) is 3.42. The predicted octanol–water partition coefficient (Wildman–Crippen LogP) is 0.939. The van der Waals surface area contributed by atoms with Crippen LogP contribution in [0.2, 0.25) is 0 Å². The third kappa shape index (κ3) is 2.62. The Morgan fingerprint density at radius 2 is 2.39 bits per heavy atom. The summed E-state index contributed by atoms with van der Waals surface area (Å²) in [7, 11) is 0. The molecule has 7 heteroatoms. The lowest BCUT2D eigenvalue weighted by Crippen LogP contribution is -2.14. The second kappa shape index (κ2) is 5.54. The van der Waals surface area contributed by atoms with Crippen molar-refractivity contribution >= 4 is 22.9 Å². The highest BCUT2D eigenvalue weighted by molar-refractivity contribution is 7.80. The molecule has 0 atom stereocenters. The average Bonchev–Trinajstić information content (AvgIpc) is 2.84. The van der Waals surface area contributed by atoms with E-state index in [-0.39, 0.29) is 0 Å². The van der Waals surface area contributed by atoms with Crippen LogP contribution in [0.1, 0.15) is 18.3 Å². The van der Waals surface area contributed by atoms with E-state index in [1.54, 1.807) is 24.8 Å². The molecule has 0 aliphatic heterocycles. The van der Waals surface area contributed by atoms with Crippen molar-refractivity contribution in [2.24, 2.45) is 5.73 Å². The zero-order valence-corrected chi connectivity index (χ0v) is 10.8. The van der Waals surface area contributed by atoms with E-state index in [0.29, 0.717) is 11.5 Å². The van der Waals surface area contributed by atoms with Crippen molar-refractivity contribution in [1.82, 2.24) is 19.7 Å². The third-order valence-electron chi connectivity index (χ3n) is 2.56. The molecule has 18 heavy (non-hydrogen) atoms. The van der Waals surface area contributed by atoms with Crippen LogP contribution >= 0.6 is 12.2 Å². The van der Waals surface area contributed by atoms with Gasteiger partial charge in [-0.25, -0.2) is 0 Å². The number of hydrogen-bond donors (Lipinski definition) is 2. The van der Waals surface area contributed by atoms with Crippen LogP contribution in [-0.2, 0) is 13.1 Å². The molecule has 3 N–H and O–H groups in total. The van der Waals surface area contributed by atoms with Crippen molar-refractivity contribution < 1.29 is 0 Å². The molecule has 0 bridgehead atoms. The highest BCUT2D eigenvalue weighted by Crippen LogP contribution is 2.14. The monoisotopic (exact) mass is 262 g/mol. The first-order valence-electron chi connectivity index (χ1n) is 5.56. The molecule has 0 saturated heterocycles. The lowest BCUT2D eigenvalue weighted by atomic mass is 10.2. The first-order chi connectivity index (χ1) is 8.72. The number of anilines is 1. The summed E-state index contributed by atoms with van der Waals surface area (Å²) in [5.41, 5.74) is 7.23. The van der Waals surface area contributed by atoms with Crippen molar-refractivity contribution in [2.45, 2.75) is 20.0 Å². The van der Waals surface area contributed by atoms with Crippen LogP contribution < -0.4 is 11.1 Å². The van der Waals surface area contributed by atoms with Crippen LogP contribution in [0.4, 0.5) is 5.69 Å². The maximum absolute atomic E-state index is 5.65. The molecular formula is C11H14N6S. The van der Waals surface area contributed by atoms with E-state index in [1.807, 2.05) is 11.5 Å². The number of rotatable bonds is 5. The van der Waals surface area contributed by atoms with Crippen LogP contribution in [0.5, 0.6) is 0 Å². The van der Waals surface area contributed by atoms with Crippen molar-refractivity contribution in [3.63, 3.8) is 0 Å². The van der Waals surface area contributed by atoms with Gasteiger partial charge in [0, 0.05) is 18.3 Å². The lowest BCUT2D eigenvalue weighted by molar-refractivity contribution is 0.708. The van der Waals surface area contributed by atoms with Gasteiger partial charge in [-0.1, -0.05) is 12.2 Å². The number of pyridine rings is 1. The topological polar surface area (TPSA) is 81.7 Å². The van der Waals surface area contributed by atoms with Crippen molar-refractivity contribution in [3.8, 4) is 0 Å². The molecule has 6 nitrogen and oxygen atoms in total. The smallest absolute Gasteiger partial charge is 0.152 e. The standard InChI is InChI=1S/C11H14N6S/c1-2-17-7-15-16-10(17)6-14-9-5-13-4-3-8(9)11(12)18/h3-5,7,14H,2,6H2,1H3,(H2,12,18). The number of nitrogens with two attached hydrogens (primary N) is 1. The van der Waals surface area contributed by atoms with Gasteiger partial charge < -0.3 is 15.6 Å². The number of nitrogens with zero attached hydrogens (tertiary/aromatic N) is 4. The first kappa shape index (κ1) is 12.4. The van der Waals surface area contributed by atoms with Gasteiger partial charge in [-0.05, 0) is 13.0 Å². The summed E-state index contributed by atoms with van der Waals surface area (Å²) in [6, 6.07) is 1.79. The van der Waals surface area contributed by atoms with E-state index in [0.717, 1.165) is 23.6 Å². The van der Waals surface area contributed by atoms with Gasteiger partial charge >= 0.3 is 0 Å². The second-order valence-electron chi connectivity index (χ2n) is 3.67. The molecule has 0 aliphatic rings. The molecule has 2 heterocycles. The Balaban J connectivity index is 2.13. The van der Waals surface area contributed by atoms with Gasteiger partial charge in [-0.15, -0.1) is 10.2 Å². The molecule has 0 aromatic carbocycles. The van der Waals surface area contributed by atoms with E-state index in [1.165, 1.54) is 0 Å². The number of aromatic nitrogens is 4. The van der Waals surface area contributed by atoms with E-state index >= 15 is 0 Å². The Bertz CT molecular complexity index is 550. The molecule has 0 unspecified atom stereocenters. The fourth-order valence-corrected chi connectivity index (χ4v) is 1.78. The Morgan fingerprint density at radius 3 is 3.11 bits per heavy atom. The van der Waals surface area contributed by atoms with Gasteiger partial charge in [0.1, 0.15) is 11.3 Å². The Kier molecular flexibility index (Phi) is 3.83. The SMILES string of the molecule is CCn1cnnc1CNc1cnccc1C(N)=S. The van der Waals surface area contributed by atoms with Gasteiger partial charge in [0.2, 0.25) is 0 Å². The highest BCUT2D eigenvalue weighted by atomic mass is 32.1. The summed E-state index contributed by atoms with van der Waals surface area (Å²) in [4.78, 5) is 4.39. The maximum Gasteiger partial charge on any atom is 0.152 e. The molecule has 2 aromatic heterocycles. The van der Waals surface area contributed by atoms with Crippen LogP contribution in [0.25, 0.3) is 0 Å². The zero-order chi connectivity index (χ0) is 13.0. The Morgan fingerprint density at radius 1 is 1.56 bits per heavy atom. The van der Waals surface area contributed by atoms with Crippen LogP contribution in [0.3, 0.4) is 0 Å². The van der Waals surface area contributed by atoms with Gasteiger partial charge in [-0.2, -0.15) is 0 Å². The number of nitrogens with one attached hydrogen (secondary N) is 1. The summed E-state index contributed by atoms with van der Waals surface area (Å²) in [5.74, 6) is 0.857. The molecule has 0 spiro atoms. The lowest BCUT2D eigenvalue weighted by Gasteiger charge is -2.10. The Hall–Kier alpha value is -2.02. The summed E-state index contributed by atoms with van der Waals surface area (Å²) in [5, 5.41) is 11.1. The molecule has 2 rings (SSSR count). The summed E-state index contributed by atoms with van der Waals surface area (Å²) < 4.78 is 1.96. The third-order valence-corrected chi connectivity index (χ3v) is 2.78. The number of thiocarbonyl (C=S) groups is 1. The van der Waals surface area contributed by atoms with Crippen LogP contribution in [-0.4, -0.2) is 24.7 Å². The van der Waals surface area contributed by atoms with Gasteiger partial charge in [0.05, 0.1) is 18.4 Å². The molecule has 0 aliphatic carbocycles. The largest absolute Gasteiger partial charge is 0.389 e. The van der Waals surface area contributed by atoms with E-state index in [9.17, 15) is 0 Å².